The maximum Gasteiger partial charge on any atom is 0.124 e. The molecular formula is C12H17BrClFN2. The second kappa shape index (κ2) is 6.69. The van der Waals surface area contributed by atoms with E-state index in [1.807, 2.05) is 6.07 Å². The van der Waals surface area contributed by atoms with E-state index in [1.54, 1.807) is 0 Å². The van der Waals surface area contributed by atoms with E-state index in [0.717, 1.165) is 36.2 Å². The average Bonchev–Trinajstić information content (AvgIpc) is 2.70. The lowest BCUT2D eigenvalue weighted by Gasteiger charge is -2.16. The predicted octanol–water partition coefficient (Wildman–Crippen LogP) is 2.79. The summed E-state index contributed by atoms with van der Waals surface area (Å²) in [6.07, 6.45) is 1.18. The third-order valence-electron chi connectivity index (χ3n) is 3.11. The van der Waals surface area contributed by atoms with Crippen LogP contribution < -0.4 is 5.73 Å². The third kappa shape index (κ3) is 3.91. The van der Waals surface area contributed by atoms with E-state index in [9.17, 15) is 4.39 Å². The van der Waals surface area contributed by atoms with Crippen molar-refractivity contribution in [3.63, 3.8) is 0 Å². The first-order chi connectivity index (χ1) is 7.69. The second-order valence-electron chi connectivity index (χ2n) is 4.36. The molecule has 1 aromatic rings. The lowest BCUT2D eigenvalue weighted by atomic mass is 10.1. The normalized spacial score (nSPS) is 20.3. The molecule has 0 spiro atoms. The molecule has 2 N–H and O–H groups in total. The van der Waals surface area contributed by atoms with Gasteiger partial charge in [-0.3, -0.25) is 4.90 Å². The van der Waals surface area contributed by atoms with Crippen molar-refractivity contribution in [1.29, 1.82) is 0 Å². The van der Waals surface area contributed by atoms with Crippen LogP contribution >= 0.6 is 28.3 Å². The Morgan fingerprint density at radius 2 is 2.24 bits per heavy atom. The topological polar surface area (TPSA) is 29.3 Å². The molecule has 17 heavy (non-hydrogen) atoms. The van der Waals surface area contributed by atoms with Gasteiger partial charge in [0, 0.05) is 17.6 Å². The fourth-order valence-electron chi connectivity index (χ4n) is 2.14. The van der Waals surface area contributed by atoms with Gasteiger partial charge in [-0.2, -0.15) is 0 Å². The van der Waals surface area contributed by atoms with Gasteiger partial charge in [-0.25, -0.2) is 4.39 Å². The molecule has 0 radical (unpaired) electrons. The van der Waals surface area contributed by atoms with Gasteiger partial charge in [0.25, 0.3) is 0 Å². The van der Waals surface area contributed by atoms with Crippen molar-refractivity contribution in [2.75, 3.05) is 19.6 Å². The minimum absolute atomic E-state index is 0. The summed E-state index contributed by atoms with van der Waals surface area (Å²) >= 11 is 3.40. The zero-order valence-electron chi connectivity index (χ0n) is 9.53. The van der Waals surface area contributed by atoms with Crippen LogP contribution in [0.1, 0.15) is 12.0 Å². The van der Waals surface area contributed by atoms with E-state index in [4.69, 9.17) is 5.73 Å². The van der Waals surface area contributed by atoms with E-state index in [-0.39, 0.29) is 18.2 Å². The summed E-state index contributed by atoms with van der Waals surface area (Å²) in [4.78, 5) is 2.37. The molecule has 1 saturated heterocycles. The molecule has 1 aliphatic rings. The van der Waals surface area contributed by atoms with Gasteiger partial charge in [0.05, 0.1) is 0 Å². The standard InChI is InChI=1S/C12H16BrFN2.ClH/c13-12-5-11(14)2-1-10(12)8-16-4-3-9(6-15)7-16;/h1-2,5,9H,3-4,6-8,15H2;1H. The summed E-state index contributed by atoms with van der Waals surface area (Å²) in [7, 11) is 0. The first-order valence-corrected chi connectivity index (χ1v) is 6.34. The van der Waals surface area contributed by atoms with Gasteiger partial charge in [-0.05, 0) is 43.1 Å². The van der Waals surface area contributed by atoms with Gasteiger partial charge < -0.3 is 5.73 Å². The molecule has 2 nitrogen and oxygen atoms in total. The summed E-state index contributed by atoms with van der Waals surface area (Å²) in [5.74, 6) is 0.427. The lowest BCUT2D eigenvalue weighted by molar-refractivity contribution is 0.317. The number of hydrogen-bond donors (Lipinski definition) is 1. The van der Waals surface area contributed by atoms with E-state index in [1.165, 1.54) is 18.6 Å². The van der Waals surface area contributed by atoms with Crippen molar-refractivity contribution < 1.29 is 4.39 Å². The molecule has 1 fully saturated rings. The van der Waals surface area contributed by atoms with Crippen molar-refractivity contribution in [2.45, 2.75) is 13.0 Å². The lowest BCUT2D eigenvalue weighted by Crippen LogP contribution is -2.22. The largest absolute Gasteiger partial charge is 0.330 e. The van der Waals surface area contributed by atoms with Gasteiger partial charge in [-0.1, -0.05) is 22.0 Å². The van der Waals surface area contributed by atoms with Gasteiger partial charge in [0.2, 0.25) is 0 Å². The number of rotatable bonds is 3. The number of likely N-dealkylation sites (tertiary alicyclic amines) is 1. The Hall–Kier alpha value is -0.160. The molecule has 0 aliphatic carbocycles. The zero-order valence-corrected chi connectivity index (χ0v) is 11.9. The monoisotopic (exact) mass is 322 g/mol. The number of nitrogens with zero attached hydrogens (tertiary/aromatic N) is 1. The SMILES string of the molecule is Cl.NCC1CCN(Cc2ccc(F)cc2Br)C1. The van der Waals surface area contributed by atoms with Crippen LogP contribution in [0.25, 0.3) is 0 Å². The fourth-order valence-corrected chi connectivity index (χ4v) is 2.62. The highest BCUT2D eigenvalue weighted by atomic mass is 79.9. The summed E-state index contributed by atoms with van der Waals surface area (Å²) in [5.41, 5.74) is 6.79. The first kappa shape index (κ1) is 14.9. The Morgan fingerprint density at radius 3 is 2.82 bits per heavy atom. The molecule has 0 saturated carbocycles. The summed E-state index contributed by atoms with van der Waals surface area (Å²) < 4.78 is 13.8. The Morgan fingerprint density at radius 1 is 1.47 bits per heavy atom. The Kier molecular flexibility index (Phi) is 5.86. The van der Waals surface area contributed by atoms with Crippen LogP contribution in [0.4, 0.5) is 4.39 Å². The maximum atomic E-state index is 12.9. The van der Waals surface area contributed by atoms with Crippen molar-refractivity contribution >= 4 is 28.3 Å². The van der Waals surface area contributed by atoms with Gasteiger partial charge in [-0.15, -0.1) is 12.4 Å². The number of benzene rings is 1. The molecule has 1 aromatic carbocycles. The first-order valence-electron chi connectivity index (χ1n) is 5.55. The molecular weight excluding hydrogens is 307 g/mol. The van der Waals surface area contributed by atoms with E-state index in [2.05, 4.69) is 20.8 Å². The van der Waals surface area contributed by atoms with Crippen LogP contribution in [-0.2, 0) is 6.54 Å². The Bertz CT molecular complexity index is 376. The van der Waals surface area contributed by atoms with E-state index >= 15 is 0 Å². The highest BCUT2D eigenvalue weighted by Crippen LogP contribution is 2.23. The molecule has 0 aromatic heterocycles. The maximum absolute atomic E-state index is 12.9. The summed E-state index contributed by atoms with van der Waals surface area (Å²) in [6, 6.07) is 4.87. The minimum atomic E-state index is -0.197. The highest BCUT2D eigenvalue weighted by Gasteiger charge is 2.21. The minimum Gasteiger partial charge on any atom is -0.330 e. The number of nitrogens with two attached hydrogens (primary N) is 1. The highest BCUT2D eigenvalue weighted by molar-refractivity contribution is 9.10. The van der Waals surface area contributed by atoms with Crippen LogP contribution in [0.2, 0.25) is 0 Å². The summed E-state index contributed by atoms with van der Waals surface area (Å²) in [5, 5.41) is 0. The second-order valence-corrected chi connectivity index (χ2v) is 5.22. The smallest absolute Gasteiger partial charge is 0.124 e. The van der Waals surface area contributed by atoms with Crippen molar-refractivity contribution in [2.24, 2.45) is 11.7 Å². The van der Waals surface area contributed by atoms with E-state index < -0.39 is 0 Å². The molecule has 0 bridgehead atoms. The molecule has 1 atom stereocenters. The van der Waals surface area contributed by atoms with Crippen molar-refractivity contribution in [3.05, 3.63) is 34.1 Å². The summed E-state index contributed by atoms with van der Waals surface area (Å²) in [6.45, 7) is 3.78. The molecule has 0 amide bonds. The third-order valence-corrected chi connectivity index (χ3v) is 3.85. The van der Waals surface area contributed by atoms with Crippen molar-refractivity contribution in [1.82, 2.24) is 4.90 Å². The van der Waals surface area contributed by atoms with Crippen LogP contribution in [-0.4, -0.2) is 24.5 Å². The molecule has 5 heteroatoms. The molecule has 96 valence electrons. The Balaban J connectivity index is 0.00000144. The molecule has 1 heterocycles. The van der Waals surface area contributed by atoms with E-state index in [0.29, 0.717) is 5.92 Å². The number of hydrogen-bond acceptors (Lipinski definition) is 2. The fraction of sp³-hybridized carbons (Fsp3) is 0.500. The molecule has 2 rings (SSSR count). The van der Waals surface area contributed by atoms with Crippen molar-refractivity contribution in [3.8, 4) is 0 Å². The molecule has 1 aliphatic heterocycles. The van der Waals surface area contributed by atoms with Gasteiger partial charge >= 0.3 is 0 Å². The van der Waals surface area contributed by atoms with Crippen LogP contribution in [0.15, 0.2) is 22.7 Å². The Labute approximate surface area is 116 Å². The molecule has 1 unspecified atom stereocenters. The number of halogens is 3. The van der Waals surface area contributed by atoms with Gasteiger partial charge in [0.1, 0.15) is 5.82 Å². The van der Waals surface area contributed by atoms with Crippen LogP contribution in [0, 0.1) is 11.7 Å². The predicted molar refractivity (Wildman–Crippen MR) is 73.8 cm³/mol. The van der Waals surface area contributed by atoms with Crippen LogP contribution in [0.3, 0.4) is 0 Å². The van der Waals surface area contributed by atoms with Gasteiger partial charge in [0.15, 0.2) is 0 Å². The quantitative estimate of drug-likeness (QED) is 0.927. The average molecular weight is 324 g/mol. The van der Waals surface area contributed by atoms with Crippen LogP contribution in [0.5, 0.6) is 0 Å². The zero-order chi connectivity index (χ0) is 11.5.